The van der Waals surface area contributed by atoms with E-state index >= 15 is 0 Å². The van der Waals surface area contributed by atoms with Crippen molar-refractivity contribution in [3.8, 4) is 0 Å². The lowest BCUT2D eigenvalue weighted by molar-refractivity contribution is 0.0904. The third-order valence-corrected chi connectivity index (χ3v) is 7.79. The van der Waals surface area contributed by atoms with Crippen LogP contribution in [0.4, 0.5) is 0 Å². The fraction of sp³-hybridized carbons (Fsp3) is 0.562. The SMILES string of the molecule is Cc1cccc(C(=O)C2CC3CCC(C2)S3(=O)=O)c1C. The lowest BCUT2D eigenvalue weighted by atomic mass is 9.87. The zero-order chi connectivity index (χ0) is 14.5. The molecule has 2 aliphatic heterocycles. The molecule has 2 atom stereocenters. The number of benzene rings is 1. The van der Waals surface area contributed by atoms with Crippen LogP contribution in [0.2, 0.25) is 0 Å². The van der Waals surface area contributed by atoms with E-state index in [2.05, 4.69) is 0 Å². The fourth-order valence-corrected chi connectivity index (χ4v) is 6.13. The smallest absolute Gasteiger partial charge is 0.166 e. The molecule has 2 fully saturated rings. The van der Waals surface area contributed by atoms with Crippen molar-refractivity contribution in [3.05, 3.63) is 34.9 Å². The highest BCUT2D eigenvalue weighted by atomic mass is 32.2. The van der Waals surface area contributed by atoms with Gasteiger partial charge in [0.15, 0.2) is 15.6 Å². The summed E-state index contributed by atoms with van der Waals surface area (Å²) in [5.74, 6) is 0.0227. The summed E-state index contributed by atoms with van der Waals surface area (Å²) in [4.78, 5) is 12.7. The van der Waals surface area contributed by atoms with E-state index in [1.165, 1.54) is 0 Å². The van der Waals surface area contributed by atoms with Gasteiger partial charge in [0.1, 0.15) is 0 Å². The molecule has 4 heteroatoms. The van der Waals surface area contributed by atoms with Gasteiger partial charge in [-0.15, -0.1) is 0 Å². The van der Waals surface area contributed by atoms with E-state index in [4.69, 9.17) is 0 Å². The maximum absolute atomic E-state index is 12.7. The van der Waals surface area contributed by atoms with E-state index < -0.39 is 9.84 Å². The number of hydrogen-bond donors (Lipinski definition) is 0. The molecule has 0 amide bonds. The van der Waals surface area contributed by atoms with Crippen LogP contribution in [0.15, 0.2) is 18.2 Å². The van der Waals surface area contributed by atoms with Gasteiger partial charge < -0.3 is 0 Å². The summed E-state index contributed by atoms with van der Waals surface area (Å²) in [6.45, 7) is 3.97. The standard InChI is InChI=1S/C16H20O3S/c1-10-4-3-5-15(11(10)2)16(17)12-8-13-6-7-14(9-12)20(13,18)19/h3-5,12-14H,6-9H2,1-2H3. The summed E-state index contributed by atoms with van der Waals surface area (Å²) < 4.78 is 24.2. The third-order valence-electron chi connectivity index (χ3n) is 5.08. The number of aryl methyl sites for hydroxylation is 1. The van der Waals surface area contributed by atoms with E-state index in [9.17, 15) is 13.2 Å². The van der Waals surface area contributed by atoms with Crippen molar-refractivity contribution < 1.29 is 13.2 Å². The van der Waals surface area contributed by atoms with Gasteiger partial charge in [-0.3, -0.25) is 4.79 Å². The van der Waals surface area contributed by atoms with E-state index in [-0.39, 0.29) is 22.2 Å². The first kappa shape index (κ1) is 13.8. The summed E-state index contributed by atoms with van der Waals surface area (Å²) in [7, 11) is -2.95. The number of Topliss-reactive ketones (excluding diaryl/α,β-unsaturated/α-hetero) is 1. The van der Waals surface area contributed by atoms with Gasteiger partial charge in [0, 0.05) is 11.5 Å². The van der Waals surface area contributed by atoms with Gasteiger partial charge >= 0.3 is 0 Å². The molecule has 2 bridgehead atoms. The Kier molecular flexibility index (Phi) is 3.24. The number of carbonyl (C=O) groups is 1. The van der Waals surface area contributed by atoms with E-state index in [0.717, 1.165) is 29.5 Å². The Balaban J connectivity index is 1.89. The van der Waals surface area contributed by atoms with Gasteiger partial charge in [0.25, 0.3) is 0 Å². The highest BCUT2D eigenvalue weighted by Crippen LogP contribution is 2.42. The largest absolute Gasteiger partial charge is 0.294 e. The predicted molar refractivity (Wildman–Crippen MR) is 78.7 cm³/mol. The predicted octanol–water partition coefficient (Wildman–Crippen LogP) is 2.84. The van der Waals surface area contributed by atoms with Crippen molar-refractivity contribution >= 4 is 15.6 Å². The van der Waals surface area contributed by atoms with Crippen LogP contribution in [0.25, 0.3) is 0 Å². The number of sulfone groups is 1. The molecule has 20 heavy (non-hydrogen) atoms. The summed E-state index contributed by atoms with van der Waals surface area (Å²) in [6.07, 6.45) is 2.52. The number of fused-ring (bicyclic) bond motifs is 2. The Bertz CT molecular complexity index is 640. The monoisotopic (exact) mass is 292 g/mol. The minimum atomic E-state index is -2.95. The average molecular weight is 292 g/mol. The highest BCUT2D eigenvalue weighted by Gasteiger charge is 2.48. The van der Waals surface area contributed by atoms with Crippen molar-refractivity contribution in [2.24, 2.45) is 5.92 Å². The molecule has 2 aliphatic rings. The zero-order valence-corrected chi connectivity index (χ0v) is 12.7. The van der Waals surface area contributed by atoms with Crippen molar-refractivity contribution in [3.63, 3.8) is 0 Å². The number of hydrogen-bond acceptors (Lipinski definition) is 3. The molecule has 0 N–H and O–H groups in total. The Hall–Kier alpha value is -1.16. The molecule has 108 valence electrons. The number of ketones is 1. The van der Waals surface area contributed by atoms with Crippen molar-refractivity contribution in [2.45, 2.75) is 50.0 Å². The lowest BCUT2D eigenvalue weighted by Gasteiger charge is -2.27. The molecule has 0 aliphatic carbocycles. The minimum absolute atomic E-state index is 0.114. The van der Waals surface area contributed by atoms with Gasteiger partial charge in [-0.1, -0.05) is 18.2 Å². The average Bonchev–Trinajstić information content (AvgIpc) is 2.60. The van der Waals surface area contributed by atoms with Crippen LogP contribution < -0.4 is 0 Å². The quantitative estimate of drug-likeness (QED) is 0.788. The summed E-state index contributed by atoms with van der Waals surface area (Å²) in [5.41, 5.74) is 2.91. The Morgan fingerprint density at radius 2 is 1.70 bits per heavy atom. The summed E-state index contributed by atoms with van der Waals surface area (Å²) >= 11 is 0. The molecule has 0 saturated carbocycles. The molecule has 2 heterocycles. The normalized spacial score (nSPS) is 31.2. The Labute approximate surface area is 120 Å². The molecule has 3 rings (SSSR count). The first-order valence-corrected chi connectivity index (χ1v) is 8.85. The maximum Gasteiger partial charge on any atom is 0.166 e. The molecule has 1 aromatic rings. The molecule has 3 nitrogen and oxygen atoms in total. The second-order valence-corrected chi connectivity index (χ2v) is 8.70. The van der Waals surface area contributed by atoms with Gasteiger partial charge in [-0.05, 0) is 50.7 Å². The van der Waals surface area contributed by atoms with Gasteiger partial charge in [-0.25, -0.2) is 8.42 Å². The molecular formula is C16H20O3S. The molecule has 2 unspecified atom stereocenters. The van der Waals surface area contributed by atoms with Crippen LogP contribution in [0.3, 0.4) is 0 Å². The number of carbonyl (C=O) groups excluding carboxylic acids is 1. The minimum Gasteiger partial charge on any atom is -0.294 e. The van der Waals surface area contributed by atoms with Gasteiger partial charge in [-0.2, -0.15) is 0 Å². The summed E-state index contributed by atoms with van der Waals surface area (Å²) in [6, 6.07) is 5.78. The first-order valence-electron chi connectivity index (χ1n) is 7.24. The van der Waals surface area contributed by atoms with E-state index in [1.807, 2.05) is 32.0 Å². The van der Waals surface area contributed by atoms with Crippen molar-refractivity contribution in [1.82, 2.24) is 0 Å². The number of rotatable bonds is 2. The van der Waals surface area contributed by atoms with E-state index in [1.54, 1.807) is 0 Å². The lowest BCUT2D eigenvalue weighted by Crippen LogP contribution is -2.36. The molecule has 0 spiro atoms. The molecule has 0 radical (unpaired) electrons. The third kappa shape index (κ3) is 2.01. The Morgan fingerprint density at radius 3 is 2.30 bits per heavy atom. The molecule has 1 aromatic carbocycles. The molecular weight excluding hydrogens is 272 g/mol. The van der Waals surface area contributed by atoms with Crippen molar-refractivity contribution in [1.29, 1.82) is 0 Å². The van der Waals surface area contributed by atoms with Crippen LogP contribution in [0, 0.1) is 19.8 Å². The first-order chi connectivity index (χ1) is 9.41. The molecule has 0 aromatic heterocycles. The van der Waals surface area contributed by atoms with Crippen LogP contribution in [0.5, 0.6) is 0 Å². The second-order valence-electron chi connectivity index (χ2n) is 6.19. The van der Waals surface area contributed by atoms with Crippen LogP contribution in [-0.4, -0.2) is 24.7 Å². The van der Waals surface area contributed by atoms with Crippen molar-refractivity contribution in [2.75, 3.05) is 0 Å². The van der Waals surface area contributed by atoms with Crippen LogP contribution in [0.1, 0.15) is 47.2 Å². The fourth-order valence-electron chi connectivity index (χ4n) is 3.66. The Morgan fingerprint density at radius 1 is 1.10 bits per heavy atom. The second kappa shape index (κ2) is 4.69. The van der Waals surface area contributed by atoms with Gasteiger partial charge in [0.05, 0.1) is 10.5 Å². The van der Waals surface area contributed by atoms with E-state index in [0.29, 0.717) is 12.8 Å². The zero-order valence-electron chi connectivity index (χ0n) is 11.9. The molecule has 2 saturated heterocycles. The van der Waals surface area contributed by atoms with Crippen LogP contribution >= 0.6 is 0 Å². The van der Waals surface area contributed by atoms with Crippen LogP contribution in [-0.2, 0) is 9.84 Å². The highest BCUT2D eigenvalue weighted by molar-refractivity contribution is 7.93. The maximum atomic E-state index is 12.7. The summed E-state index contributed by atoms with van der Waals surface area (Å²) in [5, 5.41) is -0.555. The topological polar surface area (TPSA) is 51.2 Å². The van der Waals surface area contributed by atoms with Gasteiger partial charge in [0.2, 0.25) is 0 Å².